The zero-order valence-electron chi connectivity index (χ0n) is 10.3. The van der Waals surface area contributed by atoms with Crippen LogP contribution in [-0.2, 0) is 9.47 Å². The summed E-state index contributed by atoms with van der Waals surface area (Å²) in [5.41, 5.74) is 10.5. The predicted molar refractivity (Wildman–Crippen MR) is 70.1 cm³/mol. The minimum absolute atomic E-state index is 0.472. The fourth-order valence-corrected chi connectivity index (χ4v) is 1.93. The SMILES string of the molecule is CCOC1=CC(CCS)=C(OCC)CC1=[N+]=[N-]. The highest BCUT2D eigenvalue weighted by molar-refractivity contribution is 7.80. The van der Waals surface area contributed by atoms with Crippen molar-refractivity contribution in [2.45, 2.75) is 26.7 Å². The Bertz CT molecular complexity index is 382. The van der Waals surface area contributed by atoms with Crippen LogP contribution in [-0.4, -0.2) is 29.5 Å². The van der Waals surface area contributed by atoms with Crippen LogP contribution in [0.3, 0.4) is 0 Å². The summed E-state index contributed by atoms with van der Waals surface area (Å²) >= 11 is 4.23. The molecule has 0 bridgehead atoms. The Morgan fingerprint density at radius 2 is 2.06 bits per heavy atom. The second-order valence-corrected chi connectivity index (χ2v) is 3.97. The van der Waals surface area contributed by atoms with Crippen LogP contribution >= 0.6 is 12.6 Å². The Morgan fingerprint density at radius 1 is 1.35 bits per heavy atom. The van der Waals surface area contributed by atoms with Crippen LogP contribution in [0.2, 0.25) is 0 Å². The number of nitrogens with zero attached hydrogens (tertiary/aromatic N) is 2. The molecule has 5 heteroatoms. The van der Waals surface area contributed by atoms with Gasteiger partial charge in [0.25, 0.3) is 0 Å². The molecule has 0 radical (unpaired) electrons. The third-order valence-corrected chi connectivity index (χ3v) is 2.62. The first-order chi connectivity index (χ1) is 8.26. The van der Waals surface area contributed by atoms with Gasteiger partial charge in [0.1, 0.15) is 12.2 Å². The van der Waals surface area contributed by atoms with Gasteiger partial charge in [-0.15, -0.1) is 0 Å². The van der Waals surface area contributed by atoms with E-state index < -0.39 is 0 Å². The number of hydrogen-bond donors (Lipinski definition) is 1. The molecule has 0 saturated heterocycles. The standard InChI is InChI=1S/C12H18N2O2S/c1-3-15-11-8-10(14-13)12(16-4-2)7-9(11)5-6-17/h7,17H,3-6,8H2,1-2H3. The van der Waals surface area contributed by atoms with Crippen LogP contribution in [0.4, 0.5) is 0 Å². The lowest BCUT2D eigenvalue weighted by atomic mass is 10.00. The normalized spacial score (nSPS) is 15.5. The topological polar surface area (TPSA) is 54.9 Å². The van der Waals surface area contributed by atoms with Crippen LogP contribution in [0.15, 0.2) is 23.2 Å². The quantitative estimate of drug-likeness (QED) is 0.450. The molecule has 0 atom stereocenters. The molecule has 0 aliphatic heterocycles. The van der Waals surface area contributed by atoms with Gasteiger partial charge in [0.05, 0.1) is 13.2 Å². The molecule has 0 heterocycles. The van der Waals surface area contributed by atoms with Crippen molar-refractivity contribution in [2.24, 2.45) is 0 Å². The van der Waals surface area contributed by atoms with Gasteiger partial charge >= 0.3 is 5.71 Å². The van der Waals surface area contributed by atoms with Crippen molar-refractivity contribution in [2.75, 3.05) is 19.0 Å². The maximum atomic E-state index is 8.96. The van der Waals surface area contributed by atoms with Crippen molar-refractivity contribution < 1.29 is 14.3 Å². The van der Waals surface area contributed by atoms with E-state index in [-0.39, 0.29) is 0 Å². The van der Waals surface area contributed by atoms with E-state index in [0.717, 1.165) is 23.5 Å². The summed E-state index contributed by atoms with van der Waals surface area (Å²) in [5.74, 6) is 2.21. The second kappa shape index (κ2) is 7.20. The van der Waals surface area contributed by atoms with Crippen LogP contribution in [0.5, 0.6) is 0 Å². The highest BCUT2D eigenvalue weighted by Gasteiger charge is 2.27. The summed E-state index contributed by atoms with van der Waals surface area (Å²) in [7, 11) is 0. The van der Waals surface area contributed by atoms with Crippen molar-refractivity contribution in [1.82, 2.24) is 0 Å². The van der Waals surface area contributed by atoms with E-state index in [1.807, 2.05) is 19.9 Å². The number of allylic oxidation sites excluding steroid dienone is 4. The fraction of sp³-hybridized carbons (Fsp3) is 0.583. The lowest BCUT2D eigenvalue weighted by Crippen LogP contribution is -2.16. The minimum Gasteiger partial charge on any atom is -0.497 e. The van der Waals surface area contributed by atoms with E-state index in [1.54, 1.807) is 0 Å². The van der Waals surface area contributed by atoms with Gasteiger partial charge in [-0.1, -0.05) is 0 Å². The Kier molecular flexibility index (Phi) is 5.87. The summed E-state index contributed by atoms with van der Waals surface area (Å²) in [6, 6.07) is 0. The molecule has 17 heavy (non-hydrogen) atoms. The molecular weight excluding hydrogens is 236 g/mol. The van der Waals surface area contributed by atoms with Crippen LogP contribution in [0, 0.1) is 0 Å². The average Bonchev–Trinajstić information content (AvgIpc) is 2.33. The first-order valence-electron chi connectivity index (χ1n) is 5.78. The Balaban J connectivity index is 3.03. The zero-order chi connectivity index (χ0) is 12.7. The van der Waals surface area contributed by atoms with Gasteiger partial charge in [-0.25, -0.2) is 0 Å². The molecule has 94 valence electrons. The second-order valence-electron chi connectivity index (χ2n) is 3.52. The number of thiol groups is 1. The van der Waals surface area contributed by atoms with Gasteiger partial charge in [-0.2, -0.15) is 17.4 Å². The molecule has 0 unspecified atom stereocenters. The third-order valence-electron chi connectivity index (χ3n) is 2.40. The smallest absolute Gasteiger partial charge is 0.340 e. The van der Waals surface area contributed by atoms with Gasteiger partial charge < -0.3 is 15.0 Å². The molecule has 4 nitrogen and oxygen atoms in total. The highest BCUT2D eigenvalue weighted by Crippen LogP contribution is 2.25. The van der Waals surface area contributed by atoms with Crippen molar-refractivity contribution in [1.29, 1.82) is 0 Å². The lowest BCUT2D eigenvalue weighted by Gasteiger charge is -2.17. The molecule has 0 aromatic rings. The molecule has 0 aromatic carbocycles. The first kappa shape index (κ1) is 13.9. The summed E-state index contributed by atoms with van der Waals surface area (Å²) < 4.78 is 11.0. The molecule has 1 aliphatic rings. The van der Waals surface area contributed by atoms with Crippen molar-refractivity contribution >= 4 is 18.3 Å². The molecule has 0 aromatic heterocycles. The fourth-order valence-electron chi connectivity index (χ4n) is 1.69. The van der Waals surface area contributed by atoms with Gasteiger partial charge in [0, 0.05) is 0 Å². The van der Waals surface area contributed by atoms with Crippen molar-refractivity contribution in [3.63, 3.8) is 0 Å². The maximum absolute atomic E-state index is 8.96. The lowest BCUT2D eigenvalue weighted by molar-refractivity contribution is -0.0135. The molecule has 0 N–H and O–H groups in total. The molecule has 0 fully saturated rings. The monoisotopic (exact) mass is 254 g/mol. The average molecular weight is 254 g/mol. The van der Waals surface area contributed by atoms with Gasteiger partial charge in [-0.3, -0.25) is 0 Å². The van der Waals surface area contributed by atoms with Crippen molar-refractivity contribution in [3.05, 3.63) is 28.7 Å². The highest BCUT2D eigenvalue weighted by atomic mass is 32.1. The summed E-state index contributed by atoms with van der Waals surface area (Å²) in [6.45, 7) is 4.98. The molecule has 0 amide bonds. The Hall–Kier alpha value is -1.19. The summed E-state index contributed by atoms with van der Waals surface area (Å²) in [6.07, 6.45) is 3.16. The maximum Gasteiger partial charge on any atom is 0.340 e. The van der Waals surface area contributed by atoms with Crippen LogP contribution in [0.25, 0.3) is 5.53 Å². The summed E-state index contributed by atoms with van der Waals surface area (Å²) in [5, 5.41) is 0. The Labute approximate surface area is 107 Å². The van der Waals surface area contributed by atoms with Crippen LogP contribution < -0.4 is 0 Å². The van der Waals surface area contributed by atoms with Gasteiger partial charge in [-0.05, 0) is 37.7 Å². The van der Waals surface area contributed by atoms with Gasteiger partial charge in [0.15, 0.2) is 0 Å². The largest absolute Gasteiger partial charge is 0.497 e. The minimum atomic E-state index is 0.472. The first-order valence-corrected chi connectivity index (χ1v) is 6.41. The number of ether oxygens (including phenoxy) is 2. The van der Waals surface area contributed by atoms with E-state index in [2.05, 4.69) is 17.4 Å². The van der Waals surface area contributed by atoms with Crippen molar-refractivity contribution in [3.8, 4) is 0 Å². The molecule has 1 aliphatic carbocycles. The zero-order valence-corrected chi connectivity index (χ0v) is 11.2. The molecule has 0 saturated carbocycles. The number of hydrogen-bond acceptors (Lipinski definition) is 3. The third kappa shape index (κ3) is 3.65. The molecular formula is C12H18N2O2S. The molecule has 0 spiro atoms. The number of rotatable bonds is 6. The van der Waals surface area contributed by atoms with Crippen LogP contribution in [0.1, 0.15) is 26.7 Å². The van der Waals surface area contributed by atoms with E-state index >= 15 is 0 Å². The van der Waals surface area contributed by atoms with E-state index in [9.17, 15) is 0 Å². The Morgan fingerprint density at radius 3 is 2.59 bits per heavy atom. The van der Waals surface area contributed by atoms with Gasteiger partial charge in [0.2, 0.25) is 5.76 Å². The van der Waals surface area contributed by atoms with E-state index in [0.29, 0.717) is 31.1 Å². The van der Waals surface area contributed by atoms with E-state index in [4.69, 9.17) is 15.0 Å². The molecule has 1 rings (SSSR count). The van der Waals surface area contributed by atoms with E-state index in [1.165, 1.54) is 0 Å². The predicted octanol–water partition coefficient (Wildman–Crippen LogP) is 2.59. The summed E-state index contributed by atoms with van der Waals surface area (Å²) in [4.78, 5) is 3.26.